The SMILES string of the molecule is CC(=O)Nc1cc(C(=O)OCCc2cnccn2)ccc1F. The van der Waals surface area contributed by atoms with Crippen LogP contribution in [-0.2, 0) is 16.0 Å². The minimum atomic E-state index is -0.619. The molecule has 22 heavy (non-hydrogen) atoms. The summed E-state index contributed by atoms with van der Waals surface area (Å²) < 4.78 is 18.6. The van der Waals surface area contributed by atoms with Gasteiger partial charge in [0.15, 0.2) is 0 Å². The molecule has 1 aromatic heterocycles. The monoisotopic (exact) mass is 303 g/mol. The van der Waals surface area contributed by atoms with Crippen LogP contribution in [0, 0.1) is 5.82 Å². The van der Waals surface area contributed by atoms with Gasteiger partial charge in [-0.05, 0) is 18.2 Å². The normalized spacial score (nSPS) is 10.1. The van der Waals surface area contributed by atoms with E-state index < -0.39 is 17.7 Å². The molecular formula is C15H14FN3O3. The summed E-state index contributed by atoms with van der Waals surface area (Å²) in [7, 11) is 0. The Morgan fingerprint density at radius 2 is 2.14 bits per heavy atom. The minimum absolute atomic E-state index is 0.0594. The van der Waals surface area contributed by atoms with E-state index in [4.69, 9.17) is 4.74 Å². The number of nitrogens with zero attached hydrogens (tertiary/aromatic N) is 2. The van der Waals surface area contributed by atoms with Crippen molar-refractivity contribution in [1.82, 2.24) is 9.97 Å². The number of halogens is 1. The van der Waals surface area contributed by atoms with Crippen LogP contribution in [0.3, 0.4) is 0 Å². The fourth-order valence-corrected chi connectivity index (χ4v) is 1.73. The molecule has 1 amide bonds. The molecule has 0 unspecified atom stereocenters. The van der Waals surface area contributed by atoms with Gasteiger partial charge in [0.2, 0.25) is 5.91 Å². The molecule has 0 saturated carbocycles. The highest BCUT2D eigenvalue weighted by atomic mass is 19.1. The Hall–Kier alpha value is -2.83. The van der Waals surface area contributed by atoms with Crippen LogP contribution in [0.4, 0.5) is 10.1 Å². The van der Waals surface area contributed by atoms with Gasteiger partial charge in [0.25, 0.3) is 0 Å². The molecule has 0 bridgehead atoms. The lowest BCUT2D eigenvalue weighted by Crippen LogP contribution is -2.11. The Morgan fingerprint density at radius 1 is 1.32 bits per heavy atom. The lowest BCUT2D eigenvalue weighted by Gasteiger charge is -2.08. The van der Waals surface area contributed by atoms with Gasteiger partial charge in [0.1, 0.15) is 5.82 Å². The topological polar surface area (TPSA) is 81.2 Å². The van der Waals surface area contributed by atoms with Crippen LogP contribution >= 0.6 is 0 Å². The standard InChI is InChI=1S/C15H14FN3O3/c1-10(20)19-14-8-11(2-3-13(14)16)15(21)22-7-4-12-9-17-5-6-18-12/h2-3,5-6,8-9H,4,7H2,1H3,(H,19,20). The number of hydrogen-bond donors (Lipinski definition) is 1. The van der Waals surface area contributed by atoms with Gasteiger partial charge in [-0.25, -0.2) is 9.18 Å². The number of aromatic nitrogens is 2. The van der Waals surface area contributed by atoms with Crippen molar-refractivity contribution in [2.24, 2.45) is 0 Å². The van der Waals surface area contributed by atoms with Crippen molar-refractivity contribution >= 4 is 17.6 Å². The average molecular weight is 303 g/mol. The maximum Gasteiger partial charge on any atom is 0.338 e. The molecule has 0 spiro atoms. The molecule has 0 fully saturated rings. The zero-order chi connectivity index (χ0) is 15.9. The fourth-order valence-electron chi connectivity index (χ4n) is 1.73. The molecule has 7 heteroatoms. The second-order valence-corrected chi connectivity index (χ2v) is 4.46. The van der Waals surface area contributed by atoms with Gasteiger partial charge < -0.3 is 10.1 Å². The van der Waals surface area contributed by atoms with E-state index in [-0.39, 0.29) is 17.9 Å². The summed E-state index contributed by atoms with van der Waals surface area (Å²) in [6.45, 7) is 1.38. The summed E-state index contributed by atoms with van der Waals surface area (Å²) in [6.07, 6.45) is 5.12. The number of rotatable bonds is 5. The highest BCUT2D eigenvalue weighted by Gasteiger charge is 2.12. The van der Waals surface area contributed by atoms with E-state index in [9.17, 15) is 14.0 Å². The third-order valence-electron chi connectivity index (χ3n) is 2.72. The number of hydrogen-bond acceptors (Lipinski definition) is 5. The van der Waals surface area contributed by atoms with Crippen molar-refractivity contribution in [3.8, 4) is 0 Å². The molecule has 0 aliphatic heterocycles. The number of esters is 1. The average Bonchev–Trinajstić information content (AvgIpc) is 2.50. The number of carbonyl (C=O) groups is 2. The quantitative estimate of drug-likeness (QED) is 0.854. The molecule has 0 saturated heterocycles. The molecule has 0 aliphatic carbocycles. The van der Waals surface area contributed by atoms with Crippen LogP contribution in [0.25, 0.3) is 0 Å². The molecule has 0 aliphatic rings. The molecule has 1 aromatic carbocycles. The van der Waals surface area contributed by atoms with E-state index in [2.05, 4.69) is 15.3 Å². The van der Waals surface area contributed by atoms with E-state index in [1.54, 1.807) is 18.6 Å². The molecule has 2 rings (SSSR count). The lowest BCUT2D eigenvalue weighted by molar-refractivity contribution is -0.114. The van der Waals surface area contributed by atoms with E-state index in [0.29, 0.717) is 12.1 Å². The van der Waals surface area contributed by atoms with Gasteiger partial charge in [-0.1, -0.05) is 0 Å². The maximum absolute atomic E-state index is 13.5. The van der Waals surface area contributed by atoms with Crippen molar-refractivity contribution in [2.75, 3.05) is 11.9 Å². The van der Waals surface area contributed by atoms with E-state index in [1.807, 2.05) is 0 Å². The second-order valence-electron chi connectivity index (χ2n) is 4.46. The number of benzene rings is 1. The summed E-state index contributed by atoms with van der Waals surface area (Å²) >= 11 is 0. The summed E-state index contributed by atoms with van der Waals surface area (Å²) in [4.78, 5) is 30.8. The first-order chi connectivity index (χ1) is 10.6. The van der Waals surface area contributed by atoms with E-state index in [0.717, 1.165) is 6.07 Å². The number of amides is 1. The molecule has 0 atom stereocenters. The smallest absolute Gasteiger partial charge is 0.338 e. The number of anilines is 1. The molecule has 1 N–H and O–H groups in total. The van der Waals surface area contributed by atoms with Crippen LogP contribution in [-0.4, -0.2) is 28.5 Å². The summed E-state index contributed by atoms with van der Waals surface area (Å²) in [5.41, 5.74) is 0.800. The Kier molecular flexibility index (Phi) is 5.13. The van der Waals surface area contributed by atoms with Gasteiger partial charge in [-0.15, -0.1) is 0 Å². The Morgan fingerprint density at radius 3 is 2.82 bits per heavy atom. The molecular weight excluding hydrogens is 289 g/mol. The van der Waals surface area contributed by atoms with Gasteiger partial charge in [0.05, 0.1) is 23.6 Å². The molecule has 114 valence electrons. The summed E-state index contributed by atoms with van der Waals surface area (Å²) in [5.74, 6) is -1.64. The van der Waals surface area contributed by atoms with Crippen LogP contribution in [0.5, 0.6) is 0 Å². The third kappa shape index (κ3) is 4.34. The van der Waals surface area contributed by atoms with E-state index >= 15 is 0 Å². The van der Waals surface area contributed by atoms with Gasteiger partial charge in [-0.3, -0.25) is 14.8 Å². The minimum Gasteiger partial charge on any atom is -0.462 e. The zero-order valence-corrected chi connectivity index (χ0v) is 11.9. The Balaban J connectivity index is 1.96. The predicted octanol–water partition coefficient (Wildman–Crippen LogP) is 1.97. The Bertz CT molecular complexity index is 677. The summed E-state index contributed by atoms with van der Waals surface area (Å²) in [5, 5.41) is 2.31. The van der Waals surface area contributed by atoms with Crippen LogP contribution in [0.2, 0.25) is 0 Å². The largest absolute Gasteiger partial charge is 0.462 e. The predicted molar refractivity (Wildman–Crippen MR) is 76.7 cm³/mol. The van der Waals surface area contributed by atoms with Crippen molar-refractivity contribution in [2.45, 2.75) is 13.3 Å². The molecule has 2 aromatic rings. The van der Waals surface area contributed by atoms with Crippen LogP contribution in [0.1, 0.15) is 23.0 Å². The van der Waals surface area contributed by atoms with Crippen molar-refractivity contribution < 1.29 is 18.7 Å². The number of ether oxygens (including phenoxy) is 1. The highest BCUT2D eigenvalue weighted by molar-refractivity contribution is 5.93. The fraction of sp³-hybridized carbons (Fsp3) is 0.200. The van der Waals surface area contributed by atoms with Crippen molar-refractivity contribution in [3.63, 3.8) is 0 Å². The van der Waals surface area contributed by atoms with Crippen LogP contribution in [0.15, 0.2) is 36.8 Å². The first-order valence-corrected chi connectivity index (χ1v) is 6.55. The number of nitrogens with one attached hydrogen (secondary N) is 1. The third-order valence-corrected chi connectivity index (χ3v) is 2.72. The zero-order valence-electron chi connectivity index (χ0n) is 11.9. The van der Waals surface area contributed by atoms with Gasteiger partial charge in [-0.2, -0.15) is 0 Å². The van der Waals surface area contributed by atoms with E-state index in [1.165, 1.54) is 19.1 Å². The first-order valence-electron chi connectivity index (χ1n) is 6.55. The summed E-state index contributed by atoms with van der Waals surface area (Å²) in [6, 6.07) is 3.64. The first kappa shape index (κ1) is 15.6. The second kappa shape index (κ2) is 7.26. The van der Waals surface area contributed by atoms with Crippen LogP contribution < -0.4 is 5.32 Å². The van der Waals surface area contributed by atoms with Crippen molar-refractivity contribution in [3.05, 3.63) is 53.9 Å². The van der Waals surface area contributed by atoms with Crippen molar-refractivity contribution in [1.29, 1.82) is 0 Å². The lowest BCUT2D eigenvalue weighted by atomic mass is 10.2. The van der Waals surface area contributed by atoms with Gasteiger partial charge >= 0.3 is 5.97 Å². The van der Waals surface area contributed by atoms with Gasteiger partial charge in [0, 0.05) is 31.9 Å². The number of carbonyl (C=O) groups excluding carboxylic acids is 2. The molecule has 1 heterocycles. The Labute approximate surface area is 126 Å². The molecule has 6 nitrogen and oxygen atoms in total. The molecule has 0 radical (unpaired) electrons. The maximum atomic E-state index is 13.5. The highest BCUT2D eigenvalue weighted by Crippen LogP contribution is 2.17.